The van der Waals surface area contributed by atoms with Gasteiger partial charge < -0.3 is 19.4 Å². The highest BCUT2D eigenvalue weighted by atomic mass is 16.6. The smallest absolute Gasteiger partial charge is 0.412 e. The van der Waals surface area contributed by atoms with E-state index in [0.29, 0.717) is 36.3 Å². The first-order valence-corrected chi connectivity index (χ1v) is 11.7. The van der Waals surface area contributed by atoms with E-state index in [1.165, 1.54) is 0 Å². The van der Waals surface area contributed by atoms with Crippen LogP contribution in [0.15, 0.2) is 30.6 Å². The molecule has 0 bridgehead atoms. The van der Waals surface area contributed by atoms with E-state index in [0.717, 1.165) is 35.0 Å². The number of benzene rings is 1. The zero-order valence-corrected chi connectivity index (χ0v) is 19.4. The molecular weight excluding hydrogens is 434 g/mol. The van der Waals surface area contributed by atoms with Crippen molar-refractivity contribution in [1.82, 2.24) is 19.9 Å². The largest absolute Gasteiger partial charge is 0.473 e. The minimum absolute atomic E-state index is 0.0540. The second-order valence-electron chi connectivity index (χ2n) is 9.94. The standard InChI is InChI=1S/C25H27N5O4/c1-13(15-9-21(31)26-11-15)33-23-22-20(27-12-30(22)16-5-6-16)10-18(28-23)14-4-7-17-19(8-14)29-24(32)34-25(17,2)3/h4,7-8,10,12-13,15-16H,5-6,9,11H2,1-3H3,(H,26,31)(H,29,32). The molecule has 6 rings (SSSR count). The Balaban J connectivity index is 1.42. The zero-order chi connectivity index (χ0) is 23.6. The number of nitrogens with zero attached hydrogens (tertiary/aromatic N) is 3. The lowest BCUT2D eigenvalue weighted by Crippen LogP contribution is -2.34. The summed E-state index contributed by atoms with van der Waals surface area (Å²) in [5, 5.41) is 5.68. The molecule has 2 aromatic heterocycles. The van der Waals surface area contributed by atoms with Crippen LogP contribution in [0.25, 0.3) is 22.3 Å². The number of hydrogen-bond acceptors (Lipinski definition) is 6. The molecule has 9 heteroatoms. The maximum absolute atomic E-state index is 12.1. The lowest BCUT2D eigenvalue weighted by Gasteiger charge is -2.32. The van der Waals surface area contributed by atoms with Crippen LogP contribution >= 0.6 is 0 Å². The molecule has 176 valence electrons. The summed E-state index contributed by atoms with van der Waals surface area (Å²) in [5.41, 5.74) is 4.13. The molecule has 2 amide bonds. The third-order valence-corrected chi connectivity index (χ3v) is 6.98. The Morgan fingerprint density at radius 3 is 2.79 bits per heavy atom. The Labute approximate surface area is 196 Å². The van der Waals surface area contributed by atoms with Crippen LogP contribution in [0.4, 0.5) is 10.5 Å². The molecule has 2 atom stereocenters. The van der Waals surface area contributed by atoms with Gasteiger partial charge in [0, 0.05) is 36.1 Å². The maximum atomic E-state index is 12.1. The highest BCUT2D eigenvalue weighted by Gasteiger charge is 2.34. The number of carbonyl (C=O) groups is 2. The fourth-order valence-corrected chi connectivity index (χ4v) is 4.87. The number of pyridine rings is 1. The number of rotatable bonds is 5. The van der Waals surface area contributed by atoms with Gasteiger partial charge in [-0.05, 0) is 45.7 Å². The molecule has 34 heavy (non-hydrogen) atoms. The molecular formula is C25H27N5O4. The number of cyclic esters (lactones) is 1. The summed E-state index contributed by atoms with van der Waals surface area (Å²) in [6.07, 6.45) is 3.89. The molecule has 1 aromatic carbocycles. The minimum atomic E-state index is -0.715. The van der Waals surface area contributed by atoms with E-state index in [1.807, 2.05) is 51.4 Å². The van der Waals surface area contributed by atoms with Crippen molar-refractivity contribution < 1.29 is 19.1 Å². The first-order chi connectivity index (χ1) is 16.3. The van der Waals surface area contributed by atoms with Crippen molar-refractivity contribution in [2.24, 2.45) is 5.92 Å². The Morgan fingerprint density at radius 1 is 1.24 bits per heavy atom. The van der Waals surface area contributed by atoms with Crippen molar-refractivity contribution in [3.63, 3.8) is 0 Å². The molecule has 2 fully saturated rings. The Bertz CT molecular complexity index is 1330. The molecule has 0 radical (unpaired) electrons. The van der Waals surface area contributed by atoms with Gasteiger partial charge in [0.15, 0.2) is 0 Å². The van der Waals surface area contributed by atoms with E-state index in [9.17, 15) is 9.59 Å². The predicted molar refractivity (Wildman–Crippen MR) is 126 cm³/mol. The van der Waals surface area contributed by atoms with E-state index < -0.39 is 11.7 Å². The van der Waals surface area contributed by atoms with Crippen LogP contribution in [0.3, 0.4) is 0 Å². The van der Waals surface area contributed by atoms with E-state index in [2.05, 4.69) is 20.2 Å². The van der Waals surface area contributed by atoms with Crippen LogP contribution < -0.4 is 15.4 Å². The van der Waals surface area contributed by atoms with Gasteiger partial charge in [-0.3, -0.25) is 10.1 Å². The SMILES string of the molecule is CC(Oc1nc(-c2ccc3c(c2)NC(=O)OC3(C)C)cc2ncn(C3CC3)c12)C1CNC(=O)C1. The van der Waals surface area contributed by atoms with Gasteiger partial charge in [-0.2, -0.15) is 0 Å². The van der Waals surface area contributed by atoms with E-state index in [1.54, 1.807) is 0 Å². The third-order valence-electron chi connectivity index (χ3n) is 6.98. The quantitative estimate of drug-likeness (QED) is 0.592. The van der Waals surface area contributed by atoms with Gasteiger partial charge in [0.25, 0.3) is 0 Å². The summed E-state index contributed by atoms with van der Waals surface area (Å²) in [5.74, 6) is 0.666. The molecule has 1 saturated heterocycles. The molecule has 1 saturated carbocycles. The summed E-state index contributed by atoms with van der Waals surface area (Å²) < 4.78 is 14.0. The van der Waals surface area contributed by atoms with Crippen molar-refractivity contribution in [3.05, 3.63) is 36.2 Å². The minimum Gasteiger partial charge on any atom is -0.473 e. The molecule has 3 aliphatic rings. The van der Waals surface area contributed by atoms with Crippen LogP contribution in [-0.4, -0.2) is 39.2 Å². The summed E-state index contributed by atoms with van der Waals surface area (Å²) >= 11 is 0. The fourth-order valence-electron chi connectivity index (χ4n) is 4.87. The Morgan fingerprint density at radius 2 is 2.06 bits per heavy atom. The van der Waals surface area contributed by atoms with Gasteiger partial charge in [0.2, 0.25) is 11.8 Å². The second kappa shape index (κ2) is 7.44. The van der Waals surface area contributed by atoms with Gasteiger partial charge in [-0.15, -0.1) is 0 Å². The number of imidazole rings is 1. The number of hydrogen-bond donors (Lipinski definition) is 2. The van der Waals surface area contributed by atoms with E-state index >= 15 is 0 Å². The maximum Gasteiger partial charge on any atom is 0.412 e. The van der Waals surface area contributed by atoms with Crippen molar-refractivity contribution >= 4 is 28.7 Å². The van der Waals surface area contributed by atoms with E-state index in [4.69, 9.17) is 14.5 Å². The lowest BCUT2D eigenvalue weighted by molar-refractivity contribution is -0.119. The van der Waals surface area contributed by atoms with Crippen molar-refractivity contribution in [2.45, 2.75) is 57.8 Å². The Kier molecular flexibility index (Phi) is 4.59. The number of fused-ring (bicyclic) bond motifs is 2. The first kappa shape index (κ1) is 20.9. The molecule has 1 aliphatic carbocycles. The monoisotopic (exact) mass is 461 g/mol. The number of amides is 2. The van der Waals surface area contributed by atoms with Crippen molar-refractivity contribution in [3.8, 4) is 17.1 Å². The molecule has 2 unspecified atom stereocenters. The number of ether oxygens (including phenoxy) is 2. The summed E-state index contributed by atoms with van der Waals surface area (Å²) in [6, 6.07) is 8.22. The first-order valence-electron chi connectivity index (χ1n) is 11.7. The van der Waals surface area contributed by atoms with Gasteiger partial charge in [-0.1, -0.05) is 12.1 Å². The highest BCUT2D eigenvalue weighted by molar-refractivity contribution is 5.91. The lowest BCUT2D eigenvalue weighted by atomic mass is 9.93. The van der Waals surface area contributed by atoms with Crippen LogP contribution in [0, 0.1) is 5.92 Å². The summed E-state index contributed by atoms with van der Waals surface area (Å²) in [4.78, 5) is 33.3. The normalized spacial score (nSPS) is 22.0. The number of aromatic nitrogens is 3. The molecule has 2 N–H and O–H groups in total. The third kappa shape index (κ3) is 3.55. The van der Waals surface area contributed by atoms with Gasteiger partial charge in [-0.25, -0.2) is 14.8 Å². The molecule has 9 nitrogen and oxygen atoms in total. The van der Waals surface area contributed by atoms with Gasteiger partial charge in [0.1, 0.15) is 17.2 Å². The van der Waals surface area contributed by atoms with Crippen LogP contribution in [0.2, 0.25) is 0 Å². The van der Waals surface area contributed by atoms with Gasteiger partial charge in [0.05, 0.1) is 23.2 Å². The summed E-state index contributed by atoms with van der Waals surface area (Å²) in [6.45, 7) is 6.33. The molecule has 4 heterocycles. The highest BCUT2D eigenvalue weighted by Crippen LogP contribution is 2.42. The van der Waals surface area contributed by atoms with Crippen molar-refractivity contribution in [1.29, 1.82) is 0 Å². The number of carbonyl (C=O) groups excluding carboxylic acids is 2. The number of anilines is 1. The molecule has 0 spiro atoms. The second-order valence-corrected chi connectivity index (χ2v) is 9.94. The summed E-state index contributed by atoms with van der Waals surface area (Å²) in [7, 11) is 0. The molecule has 3 aromatic rings. The topological polar surface area (TPSA) is 107 Å². The number of nitrogens with one attached hydrogen (secondary N) is 2. The van der Waals surface area contributed by atoms with Crippen LogP contribution in [0.1, 0.15) is 51.6 Å². The molecule has 2 aliphatic heterocycles. The predicted octanol–water partition coefficient (Wildman–Crippen LogP) is 4.13. The van der Waals surface area contributed by atoms with Gasteiger partial charge >= 0.3 is 6.09 Å². The van der Waals surface area contributed by atoms with Crippen LogP contribution in [-0.2, 0) is 15.1 Å². The van der Waals surface area contributed by atoms with E-state index in [-0.39, 0.29) is 17.9 Å². The average molecular weight is 462 g/mol. The zero-order valence-electron chi connectivity index (χ0n) is 19.4. The average Bonchev–Trinajstić information content (AvgIpc) is 3.38. The van der Waals surface area contributed by atoms with Crippen LogP contribution in [0.5, 0.6) is 5.88 Å². The Hall–Kier alpha value is -3.62. The van der Waals surface area contributed by atoms with Crippen molar-refractivity contribution in [2.75, 3.05) is 11.9 Å². The fraction of sp³-hybridized carbons (Fsp3) is 0.440.